The van der Waals surface area contributed by atoms with Gasteiger partial charge in [0.05, 0.1) is 11.1 Å². The zero-order chi connectivity index (χ0) is 29.1. The Hall–Kier alpha value is -2.95. The predicted molar refractivity (Wildman–Crippen MR) is 138 cm³/mol. The highest BCUT2D eigenvalue weighted by molar-refractivity contribution is 6.30. The van der Waals surface area contributed by atoms with Crippen LogP contribution in [0.15, 0.2) is 42.5 Å². The van der Waals surface area contributed by atoms with Crippen molar-refractivity contribution in [2.75, 3.05) is 6.54 Å². The molecule has 2 N–H and O–H groups in total. The summed E-state index contributed by atoms with van der Waals surface area (Å²) >= 11 is 5.97. The van der Waals surface area contributed by atoms with Crippen molar-refractivity contribution >= 4 is 23.5 Å². The summed E-state index contributed by atoms with van der Waals surface area (Å²) in [6.45, 7) is 0.0447. The number of hydrogen-bond donors (Lipinski definition) is 2. The van der Waals surface area contributed by atoms with Crippen LogP contribution in [0.1, 0.15) is 72.0 Å². The van der Waals surface area contributed by atoms with Gasteiger partial charge in [0.1, 0.15) is 0 Å². The third-order valence-electron chi connectivity index (χ3n) is 7.47. The molecule has 0 bridgehead atoms. The van der Waals surface area contributed by atoms with Crippen LogP contribution in [0.2, 0.25) is 5.02 Å². The second kappa shape index (κ2) is 12.3. The van der Waals surface area contributed by atoms with E-state index in [2.05, 4.69) is 10.6 Å². The van der Waals surface area contributed by atoms with E-state index < -0.39 is 41.0 Å². The van der Waals surface area contributed by atoms with Crippen molar-refractivity contribution in [3.05, 3.63) is 69.7 Å². The van der Waals surface area contributed by atoms with E-state index in [0.717, 1.165) is 37.7 Å². The van der Waals surface area contributed by atoms with Crippen LogP contribution in [0.25, 0.3) is 0 Å². The molecule has 1 aliphatic carbocycles. The molecule has 1 aliphatic heterocycles. The zero-order valence-corrected chi connectivity index (χ0v) is 22.3. The maximum absolute atomic E-state index is 13.5. The predicted octanol–water partition coefficient (Wildman–Crippen LogP) is 7.23. The SMILES string of the molecule is O=C(NC1CCCCC1)NC1CCN(C(=O)c2cc(C(F)(F)F)cc(C(F)(F)F)c2)C(Cc2ccc(Cl)cc2)C1. The topological polar surface area (TPSA) is 61.4 Å². The first-order valence-electron chi connectivity index (χ1n) is 13.2. The third-order valence-corrected chi connectivity index (χ3v) is 7.72. The molecule has 2 aromatic carbocycles. The standard InChI is InChI=1S/C28H30ClF6N3O2/c29-21-8-6-17(7-9-21)12-24-16-23(37-26(40)36-22-4-2-1-3-5-22)10-11-38(24)25(39)18-13-19(27(30,31)32)15-20(14-18)28(33,34)35/h6-9,13-15,22-24H,1-5,10-12,16H2,(H2,36,37,40). The number of nitrogens with zero attached hydrogens (tertiary/aromatic N) is 1. The van der Waals surface area contributed by atoms with Crippen molar-refractivity contribution in [3.63, 3.8) is 0 Å². The van der Waals surface area contributed by atoms with Crippen molar-refractivity contribution < 1.29 is 35.9 Å². The zero-order valence-electron chi connectivity index (χ0n) is 21.5. The van der Waals surface area contributed by atoms with Gasteiger partial charge in [-0.25, -0.2) is 4.79 Å². The lowest BCUT2D eigenvalue weighted by Gasteiger charge is -2.40. The molecular formula is C28H30ClF6N3O2. The number of nitrogens with one attached hydrogen (secondary N) is 2. The summed E-state index contributed by atoms with van der Waals surface area (Å²) in [6.07, 6.45) is -4.27. The van der Waals surface area contributed by atoms with Gasteiger partial charge in [0.2, 0.25) is 0 Å². The fourth-order valence-electron chi connectivity index (χ4n) is 5.44. The van der Waals surface area contributed by atoms with Gasteiger partial charge in [-0.05, 0) is 68.0 Å². The molecule has 2 fully saturated rings. The van der Waals surface area contributed by atoms with Gasteiger partial charge in [-0.1, -0.05) is 43.0 Å². The highest BCUT2D eigenvalue weighted by atomic mass is 35.5. The van der Waals surface area contributed by atoms with Gasteiger partial charge in [0.25, 0.3) is 5.91 Å². The number of benzene rings is 2. The van der Waals surface area contributed by atoms with Gasteiger partial charge >= 0.3 is 18.4 Å². The Labute approximate surface area is 233 Å². The van der Waals surface area contributed by atoms with Crippen LogP contribution in [-0.2, 0) is 18.8 Å². The lowest BCUT2D eigenvalue weighted by molar-refractivity contribution is -0.143. The molecule has 2 aliphatic rings. The van der Waals surface area contributed by atoms with E-state index in [-0.39, 0.29) is 43.6 Å². The monoisotopic (exact) mass is 589 g/mol. The van der Waals surface area contributed by atoms with Crippen LogP contribution in [-0.4, -0.2) is 41.5 Å². The summed E-state index contributed by atoms with van der Waals surface area (Å²) in [4.78, 5) is 27.4. The molecule has 0 radical (unpaired) electrons. The number of likely N-dealkylation sites (tertiary alicyclic amines) is 1. The van der Waals surface area contributed by atoms with E-state index in [1.165, 1.54) is 4.90 Å². The number of hydrogen-bond acceptors (Lipinski definition) is 2. The maximum Gasteiger partial charge on any atom is 0.416 e. The first kappa shape index (κ1) is 30.0. The van der Waals surface area contributed by atoms with Gasteiger partial charge in [-0.3, -0.25) is 4.79 Å². The van der Waals surface area contributed by atoms with Crippen molar-refractivity contribution in [3.8, 4) is 0 Å². The van der Waals surface area contributed by atoms with Crippen molar-refractivity contribution in [2.45, 2.75) is 81.8 Å². The largest absolute Gasteiger partial charge is 0.416 e. The molecule has 40 heavy (non-hydrogen) atoms. The molecule has 0 aromatic heterocycles. The first-order valence-corrected chi connectivity index (χ1v) is 13.6. The Kier molecular flexibility index (Phi) is 9.22. The van der Waals surface area contributed by atoms with E-state index in [1.807, 2.05) is 0 Å². The molecular weight excluding hydrogens is 560 g/mol. The van der Waals surface area contributed by atoms with Crippen LogP contribution < -0.4 is 10.6 Å². The van der Waals surface area contributed by atoms with Crippen LogP contribution in [0, 0.1) is 0 Å². The van der Waals surface area contributed by atoms with Crippen LogP contribution >= 0.6 is 11.6 Å². The van der Waals surface area contributed by atoms with Crippen molar-refractivity contribution in [2.24, 2.45) is 0 Å². The fourth-order valence-corrected chi connectivity index (χ4v) is 5.57. The Balaban J connectivity index is 1.56. The number of carbonyl (C=O) groups excluding carboxylic acids is 2. The molecule has 1 saturated heterocycles. The maximum atomic E-state index is 13.5. The van der Waals surface area contributed by atoms with Gasteiger partial charge in [-0.15, -0.1) is 0 Å². The van der Waals surface area contributed by atoms with Gasteiger partial charge in [0.15, 0.2) is 0 Å². The second-order valence-corrected chi connectivity index (χ2v) is 10.9. The van der Waals surface area contributed by atoms with Gasteiger partial charge in [0, 0.05) is 35.3 Å². The summed E-state index contributed by atoms with van der Waals surface area (Å²) in [5.41, 5.74) is -3.00. The molecule has 4 rings (SSSR count). The minimum absolute atomic E-state index is 0.00303. The number of alkyl halides is 6. The summed E-state index contributed by atoms with van der Waals surface area (Å²) in [6, 6.07) is 6.54. The van der Waals surface area contributed by atoms with Crippen molar-refractivity contribution in [1.82, 2.24) is 15.5 Å². The summed E-state index contributed by atoms with van der Waals surface area (Å²) in [5, 5.41) is 6.41. The average molecular weight is 590 g/mol. The Morgan fingerprint density at radius 1 is 0.825 bits per heavy atom. The van der Waals surface area contributed by atoms with Crippen molar-refractivity contribution in [1.29, 1.82) is 0 Å². The van der Waals surface area contributed by atoms with Crippen LogP contribution in [0.3, 0.4) is 0 Å². The van der Waals surface area contributed by atoms with Gasteiger partial charge < -0.3 is 15.5 Å². The number of piperidine rings is 1. The number of amides is 3. The number of carbonyl (C=O) groups is 2. The lowest BCUT2D eigenvalue weighted by Crippen LogP contribution is -2.55. The quantitative estimate of drug-likeness (QED) is 0.362. The Morgan fingerprint density at radius 3 is 1.98 bits per heavy atom. The Bertz CT molecular complexity index is 1160. The van der Waals surface area contributed by atoms with E-state index in [0.29, 0.717) is 23.6 Å². The van der Waals surface area contributed by atoms with E-state index in [4.69, 9.17) is 11.6 Å². The second-order valence-electron chi connectivity index (χ2n) is 10.5. The molecule has 2 atom stereocenters. The Morgan fingerprint density at radius 2 is 1.40 bits per heavy atom. The number of urea groups is 1. The summed E-state index contributed by atoms with van der Waals surface area (Å²) in [5.74, 6) is -0.930. The molecule has 3 amide bonds. The number of rotatable bonds is 5. The normalized spacial score (nSPS) is 20.7. The smallest absolute Gasteiger partial charge is 0.335 e. The molecule has 1 saturated carbocycles. The van der Waals surface area contributed by atoms with E-state index in [9.17, 15) is 35.9 Å². The number of halogens is 7. The lowest BCUT2D eigenvalue weighted by atomic mass is 9.91. The molecule has 5 nitrogen and oxygen atoms in total. The highest BCUT2D eigenvalue weighted by Crippen LogP contribution is 2.37. The summed E-state index contributed by atoms with van der Waals surface area (Å²) in [7, 11) is 0. The fraction of sp³-hybridized carbons (Fsp3) is 0.500. The first-order chi connectivity index (χ1) is 18.8. The van der Waals surface area contributed by atoms with Gasteiger partial charge in [-0.2, -0.15) is 26.3 Å². The molecule has 2 unspecified atom stereocenters. The third kappa shape index (κ3) is 7.83. The van der Waals surface area contributed by atoms with E-state index >= 15 is 0 Å². The summed E-state index contributed by atoms with van der Waals surface area (Å²) < 4.78 is 80.6. The molecule has 2 aromatic rings. The molecule has 218 valence electrons. The molecule has 1 heterocycles. The molecule has 0 spiro atoms. The highest BCUT2D eigenvalue weighted by Gasteiger charge is 2.39. The minimum Gasteiger partial charge on any atom is -0.335 e. The van der Waals surface area contributed by atoms with Crippen LogP contribution in [0.5, 0.6) is 0 Å². The van der Waals surface area contributed by atoms with Crippen LogP contribution in [0.4, 0.5) is 31.1 Å². The minimum atomic E-state index is -5.07. The molecule has 12 heteroatoms. The van der Waals surface area contributed by atoms with E-state index in [1.54, 1.807) is 24.3 Å². The average Bonchev–Trinajstić information content (AvgIpc) is 2.89.